The predicted octanol–water partition coefficient (Wildman–Crippen LogP) is 1.46. The molecule has 6 nitrogen and oxygen atoms in total. The van der Waals surface area contributed by atoms with E-state index in [0.29, 0.717) is 11.6 Å². The Labute approximate surface area is 92.2 Å². The first-order valence-electron chi connectivity index (χ1n) is 4.63. The fourth-order valence-corrected chi connectivity index (χ4v) is 1.35. The summed E-state index contributed by atoms with van der Waals surface area (Å²) in [5.41, 5.74) is 1.53. The number of rotatable bonds is 3. The Morgan fingerprint density at radius 3 is 2.50 bits per heavy atom. The molecule has 0 saturated heterocycles. The molecule has 0 radical (unpaired) electrons. The molecule has 0 N–H and O–H groups in total. The zero-order valence-corrected chi connectivity index (χ0v) is 9.22. The third kappa shape index (κ3) is 1.69. The number of aryl methyl sites for hydroxylation is 1. The molecule has 0 fully saturated rings. The Kier molecular flexibility index (Phi) is 2.72. The van der Waals surface area contributed by atoms with Gasteiger partial charge in [0.15, 0.2) is 0 Å². The molecule has 0 saturated carbocycles. The van der Waals surface area contributed by atoms with Gasteiger partial charge in [-0.1, -0.05) is 5.16 Å². The monoisotopic (exact) mass is 221 g/mol. The molecule has 6 heteroatoms. The van der Waals surface area contributed by atoms with Crippen molar-refractivity contribution in [1.82, 2.24) is 15.1 Å². The van der Waals surface area contributed by atoms with Crippen LogP contribution in [0, 0.1) is 6.92 Å². The number of methoxy groups -OCH3 is 2. The minimum atomic E-state index is 0.259. The van der Waals surface area contributed by atoms with Crippen LogP contribution in [0.4, 0.5) is 0 Å². The Balaban J connectivity index is 2.53. The molecule has 16 heavy (non-hydrogen) atoms. The van der Waals surface area contributed by atoms with Gasteiger partial charge in [-0.3, -0.25) is 0 Å². The van der Waals surface area contributed by atoms with E-state index in [4.69, 9.17) is 14.0 Å². The quantitative estimate of drug-likeness (QED) is 0.781. The van der Waals surface area contributed by atoms with Crippen LogP contribution in [0.15, 0.2) is 16.9 Å². The molecular formula is C10H11N3O3. The molecule has 84 valence electrons. The average Bonchev–Trinajstić information content (AvgIpc) is 2.74. The fraction of sp³-hybridized carbons (Fsp3) is 0.300. The van der Waals surface area contributed by atoms with E-state index in [1.165, 1.54) is 14.2 Å². The molecule has 0 aliphatic rings. The molecule has 0 amide bonds. The van der Waals surface area contributed by atoms with Crippen LogP contribution in [0.1, 0.15) is 5.76 Å². The van der Waals surface area contributed by atoms with Crippen molar-refractivity contribution in [3.63, 3.8) is 0 Å². The van der Waals surface area contributed by atoms with E-state index in [2.05, 4.69) is 15.1 Å². The number of hydrogen-bond donors (Lipinski definition) is 0. The van der Waals surface area contributed by atoms with Crippen molar-refractivity contribution >= 4 is 0 Å². The van der Waals surface area contributed by atoms with Gasteiger partial charge in [0.1, 0.15) is 5.76 Å². The zero-order valence-electron chi connectivity index (χ0n) is 9.22. The molecule has 0 unspecified atom stereocenters. The Hall–Kier alpha value is -2.11. The van der Waals surface area contributed by atoms with Gasteiger partial charge < -0.3 is 14.0 Å². The lowest BCUT2D eigenvalue weighted by molar-refractivity contribution is 0.353. The topological polar surface area (TPSA) is 70.3 Å². The van der Waals surface area contributed by atoms with Crippen molar-refractivity contribution < 1.29 is 14.0 Å². The molecule has 0 spiro atoms. The molecule has 2 rings (SSSR count). The number of hydrogen-bond acceptors (Lipinski definition) is 6. The number of aromatic nitrogens is 3. The second-order valence-electron chi connectivity index (χ2n) is 3.08. The van der Waals surface area contributed by atoms with Gasteiger partial charge in [0.05, 0.1) is 31.5 Å². The molecule has 2 heterocycles. The van der Waals surface area contributed by atoms with E-state index in [9.17, 15) is 0 Å². The summed E-state index contributed by atoms with van der Waals surface area (Å²) in [5.74, 6) is 1.12. The zero-order chi connectivity index (χ0) is 11.5. The van der Waals surface area contributed by atoms with Gasteiger partial charge in [-0.25, -0.2) is 4.98 Å². The van der Waals surface area contributed by atoms with E-state index in [0.717, 1.165) is 11.1 Å². The van der Waals surface area contributed by atoms with Crippen LogP contribution in [0.5, 0.6) is 11.9 Å². The van der Waals surface area contributed by atoms with Crippen molar-refractivity contribution in [3.8, 4) is 23.0 Å². The molecule has 0 aliphatic carbocycles. The highest BCUT2D eigenvalue weighted by atomic mass is 16.5. The fourth-order valence-electron chi connectivity index (χ4n) is 1.35. The van der Waals surface area contributed by atoms with Gasteiger partial charge >= 0.3 is 6.01 Å². The van der Waals surface area contributed by atoms with Crippen molar-refractivity contribution in [2.24, 2.45) is 0 Å². The smallest absolute Gasteiger partial charge is 0.319 e. The number of ether oxygens (including phenoxy) is 2. The van der Waals surface area contributed by atoms with Crippen LogP contribution in [-0.4, -0.2) is 29.3 Å². The lowest BCUT2D eigenvalue weighted by Crippen LogP contribution is -1.97. The summed E-state index contributed by atoms with van der Waals surface area (Å²) in [5, 5.41) is 3.70. The second-order valence-corrected chi connectivity index (χ2v) is 3.08. The summed E-state index contributed by atoms with van der Waals surface area (Å²) >= 11 is 0. The minimum Gasteiger partial charge on any atom is -0.480 e. The van der Waals surface area contributed by atoms with Crippen LogP contribution in [0.25, 0.3) is 11.1 Å². The van der Waals surface area contributed by atoms with Gasteiger partial charge in [-0.2, -0.15) is 4.98 Å². The van der Waals surface area contributed by atoms with E-state index in [-0.39, 0.29) is 6.01 Å². The Morgan fingerprint density at radius 1 is 1.12 bits per heavy atom. The highest BCUT2D eigenvalue weighted by Gasteiger charge is 2.14. The highest BCUT2D eigenvalue weighted by molar-refractivity contribution is 5.68. The average molecular weight is 221 g/mol. The van der Waals surface area contributed by atoms with Gasteiger partial charge in [0, 0.05) is 6.20 Å². The highest BCUT2D eigenvalue weighted by Crippen LogP contribution is 2.30. The van der Waals surface area contributed by atoms with Crippen LogP contribution in [0.3, 0.4) is 0 Å². The maximum atomic E-state index is 5.17. The third-order valence-electron chi connectivity index (χ3n) is 2.15. The second kappa shape index (κ2) is 4.18. The van der Waals surface area contributed by atoms with Gasteiger partial charge in [0.25, 0.3) is 0 Å². The molecule has 0 bridgehead atoms. The summed E-state index contributed by atoms with van der Waals surface area (Å²) in [6.45, 7) is 1.81. The summed E-state index contributed by atoms with van der Waals surface area (Å²) in [6, 6.07) is 0.259. The lowest BCUT2D eigenvalue weighted by atomic mass is 10.1. The summed E-state index contributed by atoms with van der Waals surface area (Å²) in [7, 11) is 3.03. The molecule has 0 aliphatic heterocycles. The van der Waals surface area contributed by atoms with E-state index < -0.39 is 0 Å². The first-order valence-corrected chi connectivity index (χ1v) is 4.63. The van der Waals surface area contributed by atoms with Crippen LogP contribution >= 0.6 is 0 Å². The van der Waals surface area contributed by atoms with E-state index in [1.54, 1.807) is 12.4 Å². The van der Waals surface area contributed by atoms with E-state index in [1.807, 2.05) is 6.92 Å². The van der Waals surface area contributed by atoms with E-state index >= 15 is 0 Å². The van der Waals surface area contributed by atoms with Crippen LogP contribution < -0.4 is 9.47 Å². The summed E-state index contributed by atoms with van der Waals surface area (Å²) in [4.78, 5) is 8.10. The van der Waals surface area contributed by atoms with Gasteiger partial charge in [0.2, 0.25) is 5.88 Å². The maximum absolute atomic E-state index is 5.17. The lowest BCUT2D eigenvalue weighted by Gasteiger charge is -2.06. The third-order valence-corrected chi connectivity index (χ3v) is 2.15. The molecule has 0 atom stereocenters. The molecule has 2 aromatic heterocycles. The first kappa shape index (κ1) is 10.4. The van der Waals surface area contributed by atoms with Crippen molar-refractivity contribution in [2.75, 3.05) is 14.2 Å². The largest absolute Gasteiger partial charge is 0.480 e. The first-order chi connectivity index (χ1) is 7.76. The Bertz CT molecular complexity index is 496. The summed E-state index contributed by atoms with van der Waals surface area (Å²) in [6.07, 6.45) is 3.22. The van der Waals surface area contributed by atoms with Crippen LogP contribution in [-0.2, 0) is 0 Å². The number of nitrogens with zero attached hydrogens (tertiary/aromatic N) is 3. The molecule has 2 aromatic rings. The standard InChI is InChI=1S/C10H11N3O3/c1-6-7(5-12-16-6)8-4-11-10(15-3)13-9(8)14-2/h4-5H,1-3H3. The molecule has 0 aromatic carbocycles. The van der Waals surface area contributed by atoms with Crippen molar-refractivity contribution in [1.29, 1.82) is 0 Å². The van der Waals surface area contributed by atoms with Crippen molar-refractivity contribution in [2.45, 2.75) is 6.92 Å². The van der Waals surface area contributed by atoms with Crippen LogP contribution in [0.2, 0.25) is 0 Å². The van der Waals surface area contributed by atoms with Gasteiger partial charge in [-0.05, 0) is 6.92 Å². The SMILES string of the molecule is COc1ncc(-c2cnoc2C)c(OC)n1. The normalized spacial score (nSPS) is 10.2. The summed E-state index contributed by atoms with van der Waals surface area (Å²) < 4.78 is 15.1. The maximum Gasteiger partial charge on any atom is 0.319 e. The molecular weight excluding hydrogens is 210 g/mol. The minimum absolute atomic E-state index is 0.259. The predicted molar refractivity (Wildman–Crippen MR) is 55.4 cm³/mol. The van der Waals surface area contributed by atoms with Crippen molar-refractivity contribution in [3.05, 3.63) is 18.2 Å². The van der Waals surface area contributed by atoms with Gasteiger partial charge in [-0.15, -0.1) is 0 Å². The Morgan fingerprint density at radius 2 is 1.94 bits per heavy atom.